The summed E-state index contributed by atoms with van der Waals surface area (Å²) in [6.07, 6.45) is 3.13. The third kappa shape index (κ3) is 3.27. The highest BCUT2D eigenvalue weighted by molar-refractivity contribution is 9.10. The Hall–Kier alpha value is -0.580. The molecule has 0 spiro atoms. The topological polar surface area (TPSA) is 32.3 Å². The molecule has 5 heteroatoms. The molecule has 1 atom stereocenters. The van der Waals surface area contributed by atoms with Crippen molar-refractivity contribution >= 4 is 34.2 Å². The largest absolute Gasteiger partial charge is 0.342 e. The first-order chi connectivity index (χ1) is 9.65. The Bertz CT molecular complexity index is 502. The van der Waals surface area contributed by atoms with Crippen LogP contribution in [-0.4, -0.2) is 37.5 Å². The Morgan fingerprint density at radius 2 is 2.05 bits per heavy atom. The molecule has 1 saturated carbocycles. The van der Waals surface area contributed by atoms with E-state index in [1.54, 1.807) is 0 Å². The molecular weight excluding hydrogens is 352 g/mol. The van der Waals surface area contributed by atoms with Gasteiger partial charge in [-0.1, -0.05) is 28.1 Å². The molecule has 1 aliphatic carbocycles. The van der Waals surface area contributed by atoms with Gasteiger partial charge in [-0.05, 0) is 56.5 Å². The van der Waals surface area contributed by atoms with E-state index in [2.05, 4.69) is 38.3 Å². The molecule has 21 heavy (non-hydrogen) atoms. The Kier molecular flexibility index (Phi) is 5.33. The summed E-state index contributed by atoms with van der Waals surface area (Å²) >= 11 is 3.46. The standard InChI is InChI=1S/C16H21BrN2O.ClH/c1-18-10-12-6-9-19(11-12)15(20)16(7-8-16)13-2-4-14(17)5-3-13;/h2-5,12,18H,6-11H2,1H3;1H. The van der Waals surface area contributed by atoms with Crippen LogP contribution < -0.4 is 5.32 Å². The minimum Gasteiger partial charge on any atom is -0.342 e. The summed E-state index contributed by atoms with van der Waals surface area (Å²) in [4.78, 5) is 14.9. The fraction of sp³-hybridized carbons (Fsp3) is 0.562. The fourth-order valence-corrected chi connectivity index (χ4v) is 3.56. The molecule has 1 unspecified atom stereocenters. The first kappa shape index (κ1) is 16.8. The SMILES string of the molecule is CNCC1CCN(C(=O)C2(c3ccc(Br)cc3)CC2)C1.Cl. The van der Waals surface area contributed by atoms with Crippen molar-refractivity contribution in [3.8, 4) is 0 Å². The van der Waals surface area contributed by atoms with Gasteiger partial charge in [-0.2, -0.15) is 0 Å². The number of likely N-dealkylation sites (tertiary alicyclic amines) is 1. The second-order valence-corrected chi connectivity index (χ2v) is 6.97. The van der Waals surface area contributed by atoms with Crippen molar-refractivity contribution in [1.82, 2.24) is 10.2 Å². The Labute approximate surface area is 141 Å². The predicted octanol–water partition coefficient (Wildman–Crippen LogP) is 2.97. The van der Waals surface area contributed by atoms with Crippen LogP contribution in [-0.2, 0) is 10.2 Å². The quantitative estimate of drug-likeness (QED) is 0.880. The van der Waals surface area contributed by atoms with E-state index in [1.807, 2.05) is 19.2 Å². The van der Waals surface area contributed by atoms with Crippen molar-refractivity contribution in [2.24, 2.45) is 5.92 Å². The maximum atomic E-state index is 12.9. The average Bonchev–Trinajstić information content (AvgIpc) is 3.13. The number of halogens is 2. The molecule has 1 heterocycles. The molecule has 0 aromatic heterocycles. The minimum atomic E-state index is -0.213. The molecule has 1 aromatic carbocycles. The van der Waals surface area contributed by atoms with Crippen molar-refractivity contribution in [3.05, 3.63) is 34.3 Å². The highest BCUT2D eigenvalue weighted by Gasteiger charge is 2.53. The van der Waals surface area contributed by atoms with E-state index in [0.29, 0.717) is 11.8 Å². The lowest BCUT2D eigenvalue weighted by Gasteiger charge is -2.23. The van der Waals surface area contributed by atoms with Gasteiger partial charge in [0.1, 0.15) is 0 Å². The zero-order valence-electron chi connectivity index (χ0n) is 12.3. The molecule has 2 fully saturated rings. The Morgan fingerprint density at radius 3 is 2.62 bits per heavy atom. The van der Waals surface area contributed by atoms with Crippen molar-refractivity contribution in [2.75, 3.05) is 26.7 Å². The van der Waals surface area contributed by atoms with E-state index in [1.165, 1.54) is 5.56 Å². The fourth-order valence-electron chi connectivity index (χ4n) is 3.30. The maximum Gasteiger partial charge on any atom is 0.233 e. The molecule has 0 bridgehead atoms. The summed E-state index contributed by atoms with van der Waals surface area (Å²) in [6.45, 7) is 2.84. The van der Waals surface area contributed by atoms with Gasteiger partial charge in [-0.15, -0.1) is 12.4 Å². The molecular formula is C16H22BrClN2O. The van der Waals surface area contributed by atoms with Crippen LogP contribution in [0.2, 0.25) is 0 Å². The summed E-state index contributed by atoms with van der Waals surface area (Å²) in [7, 11) is 1.98. The first-order valence-electron chi connectivity index (χ1n) is 7.36. The third-order valence-electron chi connectivity index (χ3n) is 4.62. The van der Waals surface area contributed by atoms with Gasteiger partial charge in [0, 0.05) is 17.6 Å². The van der Waals surface area contributed by atoms with E-state index in [4.69, 9.17) is 0 Å². The second kappa shape index (κ2) is 6.67. The Balaban J connectivity index is 0.00000161. The highest BCUT2D eigenvalue weighted by atomic mass is 79.9. The van der Waals surface area contributed by atoms with Crippen LogP contribution in [0, 0.1) is 5.92 Å². The van der Waals surface area contributed by atoms with Crippen molar-refractivity contribution in [1.29, 1.82) is 0 Å². The molecule has 1 aromatic rings. The lowest BCUT2D eigenvalue weighted by atomic mass is 9.94. The normalized spacial score (nSPS) is 22.8. The number of carbonyl (C=O) groups is 1. The molecule has 1 amide bonds. The summed E-state index contributed by atoms with van der Waals surface area (Å²) in [5.74, 6) is 0.961. The van der Waals surface area contributed by atoms with E-state index in [-0.39, 0.29) is 17.8 Å². The van der Waals surface area contributed by atoms with Crippen LogP contribution in [0.15, 0.2) is 28.7 Å². The van der Waals surface area contributed by atoms with Gasteiger partial charge in [0.2, 0.25) is 5.91 Å². The van der Waals surface area contributed by atoms with Crippen LogP contribution in [0.1, 0.15) is 24.8 Å². The zero-order chi connectivity index (χ0) is 14.2. The Morgan fingerprint density at radius 1 is 1.38 bits per heavy atom. The second-order valence-electron chi connectivity index (χ2n) is 6.05. The number of nitrogens with one attached hydrogen (secondary N) is 1. The number of carbonyl (C=O) groups excluding carboxylic acids is 1. The number of nitrogens with zero attached hydrogens (tertiary/aromatic N) is 1. The average molecular weight is 374 g/mol. The number of hydrogen-bond donors (Lipinski definition) is 1. The van der Waals surface area contributed by atoms with Crippen molar-refractivity contribution < 1.29 is 4.79 Å². The van der Waals surface area contributed by atoms with Crippen LogP contribution in [0.5, 0.6) is 0 Å². The van der Waals surface area contributed by atoms with Gasteiger partial charge in [0.25, 0.3) is 0 Å². The smallest absolute Gasteiger partial charge is 0.233 e. The van der Waals surface area contributed by atoms with Gasteiger partial charge in [-0.25, -0.2) is 0 Å². The van der Waals surface area contributed by atoms with Crippen molar-refractivity contribution in [3.63, 3.8) is 0 Å². The number of hydrogen-bond acceptors (Lipinski definition) is 2. The first-order valence-corrected chi connectivity index (χ1v) is 8.15. The van der Waals surface area contributed by atoms with Gasteiger partial charge in [-0.3, -0.25) is 4.79 Å². The van der Waals surface area contributed by atoms with Crippen LogP contribution in [0.25, 0.3) is 0 Å². The summed E-state index contributed by atoms with van der Waals surface area (Å²) in [5.41, 5.74) is 0.970. The van der Waals surface area contributed by atoms with Crippen molar-refractivity contribution in [2.45, 2.75) is 24.7 Å². The van der Waals surface area contributed by atoms with Gasteiger partial charge in [0.05, 0.1) is 5.41 Å². The minimum absolute atomic E-state index is 0. The maximum absolute atomic E-state index is 12.9. The molecule has 1 N–H and O–H groups in total. The summed E-state index contributed by atoms with van der Waals surface area (Å²) in [5, 5.41) is 3.22. The van der Waals surface area contributed by atoms with Crippen LogP contribution >= 0.6 is 28.3 Å². The highest BCUT2D eigenvalue weighted by Crippen LogP contribution is 2.50. The summed E-state index contributed by atoms with van der Waals surface area (Å²) < 4.78 is 1.07. The molecule has 0 radical (unpaired) electrons. The molecule has 2 aliphatic rings. The molecule has 116 valence electrons. The third-order valence-corrected chi connectivity index (χ3v) is 5.15. The van der Waals surface area contributed by atoms with Gasteiger partial charge < -0.3 is 10.2 Å². The molecule has 1 aliphatic heterocycles. The van der Waals surface area contributed by atoms with Crippen LogP contribution in [0.4, 0.5) is 0 Å². The zero-order valence-corrected chi connectivity index (χ0v) is 14.7. The van der Waals surface area contributed by atoms with Crippen LogP contribution in [0.3, 0.4) is 0 Å². The number of benzene rings is 1. The predicted molar refractivity (Wildman–Crippen MR) is 90.9 cm³/mol. The van der Waals surface area contributed by atoms with Gasteiger partial charge in [0.15, 0.2) is 0 Å². The van der Waals surface area contributed by atoms with E-state index in [9.17, 15) is 4.79 Å². The van der Waals surface area contributed by atoms with E-state index >= 15 is 0 Å². The number of rotatable bonds is 4. The van der Waals surface area contributed by atoms with Gasteiger partial charge >= 0.3 is 0 Å². The van der Waals surface area contributed by atoms with E-state index < -0.39 is 0 Å². The lowest BCUT2D eigenvalue weighted by Crippen LogP contribution is -2.38. The summed E-state index contributed by atoms with van der Waals surface area (Å²) in [6, 6.07) is 8.26. The molecule has 3 nitrogen and oxygen atoms in total. The molecule has 3 rings (SSSR count). The monoisotopic (exact) mass is 372 g/mol. The van der Waals surface area contributed by atoms with E-state index in [0.717, 1.165) is 43.4 Å². The number of amides is 1. The molecule has 1 saturated heterocycles. The lowest BCUT2D eigenvalue weighted by molar-refractivity contribution is -0.133.